The predicted molar refractivity (Wildman–Crippen MR) is 158 cm³/mol. The van der Waals surface area contributed by atoms with Crippen LogP contribution in [0.15, 0.2) is 47.6 Å². The molecule has 3 aliphatic rings. The summed E-state index contributed by atoms with van der Waals surface area (Å²) in [6, 6.07) is 0. The van der Waals surface area contributed by atoms with Crippen molar-refractivity contribution in [3.05, 3.63) is 47.6 Å². The van der Waals surface area contributed by atoms with Gasteiger partial charge in [-0.15, -0.1) is 0 Å². The lowest BCUT2D eigenvalue weighted by Crippen LogP contribution is -2.55. The zero-order valence-corrected chi connectivity index (χ0v) is 26.3. The number of hydrogen-bond acceptors (Lipinski definition) is 4. The van der Waals surface area contributed by atoms with Crippen LogP contribution in [-0.4, -0.2) is 56.2 Å². The Morgan fingerprint density at radius 2 is 1.66 bits per heavy atom. The highest BCUT2D eigenvalue weighted by Crippen LogP contribution is 2.61. The maximum absolute atomic E-state index is 13.4. The maximum atomic E-state index is 13.4. The fraction of sp³-hybridized carbons (Fsp3) is 0.765. The number of aliphatic hydroxyl groups excluding tert-OH is 2. The SMILES string of the molecule is C=C1/C(=C\C=C2/CCC[C@@]3(C)C2CC[C@@H]3C(C/C=C/C(O)(C(F)(F)F)C(F)(F)F)[C@@H](C)CCCC(C)(C)O)C[C@@H](O)C[C@@H]1O. The van der Waals surface area contributed by atoms with Crippen molar-refractivity contribution in [3.8, 4) is 0 Å². The summed E-state index contributed by atoms with van der Waals surface area (Å²) in [5, 5.41) is 40.3. The fourth-order valence-electron chi connectivity index (χ4n) is 8.06. The second-order valence-corrected chi connectivity index (χ2v) is 14.4. The van der Waals surface area contributed by atoms with Crippen molar-refractivity contribution < 1.29 is 46.8 Å². The Morgan fingerprint density at radius 3 is 2.25 bits per heavy atom. The van der Waals surface area contributed by atoms with Gasteiger partial charge in [0.2, 0.25) is 0 Å². The minimum atomic E-state index is -5.91. The summed E-state index contributed by atoms with van der Waals surface area (Å²) in [6.45, 7) is 11.6. The Kier molecular flexibility index (Phi) is 11.4. The summed E-state index contributed by atoms with van der Waals surface area (Å²) in [4.78, 5) is 0. The highest BCUT2D eigenvalue weighted by atomic mass is 19.4. The first-order chi connectivity index (χ1) is 20.1. The molecule has 7 atom stereocenters. The second kappa shape index (κ2) is 13.6. The van der Waals surface area contributed by atoms with Gasteiger partial charge in [0.15, 0.2) is 0 Å². The van der Waals surface area contributed by atoms with Gasteiger partial charge in [0.05, 0.1) is 17.8 Å². The van der Waals surface area contributed by atoms with Crippen molar-refractivity contribution in [2.24, 2.45) is 29.1 Å². The largest absolute Gasteiger partial charge is 0.429 e. The first kappa shape index (κ1) is 36.8. The van der Waals surface area contributed by atoms with Gasteiger partial charge in [0.25, 0.3) is 5.60 Å². The molecule has 3 fully saturated rings. The zero-order valence-electron chi connectivity index (χ0n) is 26.3. The Hall–Kier alpha value is -1.62. The molecule has 3 aliphatic carbocycles. The van der Waals surface area contributed by atoms with Crippen LogP contribution in [-0.2, 0) is 0 Å². The number of rotatable bonds is 10. The summed E-state index contributed by atoms with van der Waals surface area (Å²) >= 11 is 0. The topological polar surface area (TPSA) is 80.9 Å². The van der Waals surface area contributed by atoms with Crippen molar-refractivity contribution >= 4 is 0 Å². The van der Waals surface area contributed by atoms with Crippen LogP contribution in [0.2, 0.25) is 0 Å². The number of hydrogen-bond donors (Lipinski definition) is 4. The van der Waals surface area contributed by atoms with Gasteiger partial charge in [0, 0.05) is 6.42 Å². The van der Waals surface area contributed by atoms with E-state index in [1.807, 2.05) is 13.0 Å². The van der Waals surface area contributed by atoms with Crippen molar-refractivity contribution in [2.75, 3.05) is 0 Å². The molecule has 0 radical (unpaired) electrons. The van der Waals surface area contributed by atoms with E-state index in [1.165, 1.54) is 5.57 Å². The highest BCUT2D eigenvalue weighted by Gasteiger charge is 2.69. The summed E-state index contributed by atoms with van der Waals surface area (Å²) in [6.07, 6.45) is -1.83. The van der Waals surface area contributed by atoms with Crippen LogP contribution >= 0.6 is 0 Å². The lowest BCUT2D eigenvalue weighted by Gasteiger charge is -2.46. The van der Waals surface area contributed by atoms with Gasteiger partial charge in [-0.2, -0.15) is 26.3 Å². The molecule has 4 nitrogen and oxygen atoms in total. The van der Waals surface area contributed by atoms with E-state index < -0.39 is 35.8 Å². The monoisotopic (exact) mass is 636 g/mol. The normalized spacial score (nSPS) is 32.5. The van der Waals surface area contributed by atoms with Gasteiger partial charge in [-0.3, -0.25) is 0 Å². The molecule has 0 spiro atoms. The standard InChI is InChI=1S/C34H50F6O4/c1-21(9-6-16-30(3,4)43)26(11-8-18-32(44,33(35,36)37)34(38,39)40)28-15-14-27-23(10-7-17-31(27,28)5)12-13-24-19-25(41)20-29(42)22(24)2/h8,12-13,18,21,25-29,41-44H,2,6-7,9-11,14-17,19-20H2,1,3-5H3/b18-8+,23-12+,24-13-/t21-,25+,26?,27?,28+,29-,31-/m0/s1. The third-order valence-electron chi connectivity index (χ3n) is 10.6. The molecule has 0 aliphatic heterocycles. The molecule has 10 heteroatoms. The summed E-state index contributed by atoms with van der Waals surface area (Å²) in [5.74, 6) is -0.0571. The molecular weight excluding hydrogens is 586 g/mol. The van der Waals surface area contributed by atoms with E-state index in [0.717, 1.165) is 43.8 Å². The van der Waals surface area contributed by atoms with Crippen LogP contribution in [0.5, 0.6) is 0 Å². The predicted octanol–water partition coefficient (Wildman–Crippen LogP) is 8.12. The number of allylic oxidation sites excluding steroid dienone is 4. The molecule has 2 unspecified atom stereocenters. The Balaban J connectivity index is 1.91. The number of fused-ring (bicyclic) bond motifs is 1. The van der Waals surface area contributed by atoms with Crippen molar-refractivity contribution in [1.29, 1.82) is 0 Å². The Morgan fingerprint density at radius 1 is 1.02 bits per heavy atom. The average Bonchev–Trinajstić information content (AvgIpc) is 3.22. The van der Waals surface area contributed by atoms with Crippen LogP contribution < -0.4 is 0 Å². The van der Waals surface area contributed by atoms with Gasteiger partial charge in [-0.05, 0) is 112 Å². The first-order valence-electron chi connectivity index (χ1n) is 15.8. The molecular formula is C34H50F6O4. The zero-order chi connectivity index (χ0) is 33.3. The van der Waals surface area contributed by atoms with Gasteiger partial charge in [-0.1, -0.05) is 57.1 Å². The van der Waals surface area contributed by atoms with E-state index >= 15 is 0 Å². The van der Waals surface area contributed by atoms with Crippen molar-refractivity contribution in [2.45, 2.75) is 134 Å². The third-order valence-corrected chi connectivity index (χ3v) is 10.6. The first-order valence-corrected chi connectivity index (χ1v) is 15.8. The molecule has 0 heterocycles. The van der Waals surface area contributed by atoms with Gasteiger partial charge < -0.3 is 20.4 Å². The molecule has 0 aromatic carbocycles. The molecule has 4 N–H and O–H groups in total. The third kappa shape index (κ3) is 8.20. The molecule has 0 amide bonds. The lowest BCUT2D eigenvalue weighted by molar-refractivity contribution is -0.347. The van der Waals surface area contributed by atoms with E-state index in [4.69, 9.17) is 0 Å². The van der Waals surface area contributed by atoms with E-state index in [-0.39, 0.29) is 48.0 Å². The smallest absolute Gasteiger partial charge is 0.393 e. The quantitative estimate of drug-likeness (QED) is 0.144. The fourth-order valence-corrected chi connectivity index (χ4v) is 8.06. The van der Waals surface area contributed by atoms with E-state index in [1.54, 1.807) is 13.8 Å². The maximum Gasteiger partial charge on any atom is 0.429 e. The summed E-state index contributed by atoms with van der Waals surface area (Å²) in [5.41, 5.74) is -3.41. The summed E-state index contributed by atoms with van der Waals surface area (Å²) < 4.78 is 80.2. The molecule has 0 aromatic rings. The average molecular weight is 637 g/mol. The van der Waals surface area contributed by atoms with Crippen molar-refractivity contribution in [1.82, 2.24) is 0 Å². The molecule has 3 rings (SSSR count). The molecule has 0 bridgehead atoms. The molecule has 44 heavy (non-hydrogen) atoms. The molecule has 0 saturated heterocycles. The molecule has 252 valence electrons. The number of alkyl halides is 6. The van der Waals surface area contributed by atoms with Crippen molar-refractivity contribution in [3.63, 3.8) is 0 Å². The minimum Gasteiger partial charge on any atom is -0.393 e. The van der Waals surface area contributed by atoms with E-state index in [2.05, 4.69) is 19.6 Å². The summed E-state index contributed by atoms with van der Waals surface area (Å²) in [7, 11) is 0. The molecule has 0 aromatic heterocycles. The van der Waals surface area contributed by atoms with Gasteiger partial charge in [0.1, 0.15) is 0 Å². The van der Waals surface area contributed by atoms with E-state index in [0.29, 0.717) is 31.3 Å². The van der Waals surface area contributed by atoms with Crippen LogP contribution in [0, 0.1) is 29.1 Å². The number of halogens is 6. The number of aliphatic hydroxyl groups is 4. The minimum absolute atomic E-state index is 0.0313. The van der Waals surface area contributed by atoms with Crippen LogP contribution in [0.4, 0.5) is 26.3 Å². The lowest BCUT2D eigenvalue weighted by atomic mass is 9.58. The second-order valence-electron chi connectivity index (χ2n) is 14.4. The van der Waals surface area contributed by atoms with Crippen LogP contribution in [0.3, 0.4) is 0 Å². The molecule has 3 saturated carbocycles. The van der Waals surface area contributed by atoms with E-state index in [9.17, 15) is 46.8 Å². The Labute approximate surface area is 257 Å². The van der Waals surface area contributed by atoms with Gasteiger partial charge in [-0.25, -0.2) is 0 Å². The highest BCUT2D eigenvalue weighted by molar-refractivity contribution is 5.38. The van der Waals surface area contributed by atoms with Crippen LogP contribution in [0.25, 0.3) is 0 Å². The van der Waals surface area contributed by atoms with Gasteiger partial charge >= 0.3 is 12.4 Å². The van der Waals surface area contributed by atoms with Crippen LogP contribution in [0.1, 0.15) is 98.3 Å². The Bertz CT molecular complexity index is 1080.